The van der Waals surface area contributed by atoms with Crippen molar-refractivity contribution in [2.24, 2.45) is 0 Å². The van der Waals surface area contributed by atoms with Gasteiger partial charge in [0, 0.05) is 28.2 Å². The average Bonchev–Trinajstić information content (AvgIpc) is 2.64. The minimum Gasteiger partial charge on any atom is -0.331 e. The van der Waals surface area contributed by atoms with E-state index in [0.717, 1.165) is 0 Å². The van der Waals surface area contributed by atoms with E-state index in [1.165, 1.54) is 5.01 Å². The maximum absolute atomic E-state index is 12.3. The highest BCUT2D eigenvalue weighted by molar-refractivity contribution is 7.99. The van der Waals surface area contributed by atoms with Gasteiger partial charge in [0.1, 0.15) is 0 Å². The van der Waals surface area contributed by atoms with Crippen LogP contribution in [-0.4, -0.2) is 33.8 Å². The van der Waals surface area contributed by atoms with Gasteiger partial charge in [-0.05, 0) is 73.0 Å². The SMILES string of the molecule is CN(NC(=S)Nc1ccc(SC(F)F)cc1)C(=S)Nc1ccc(SC(F)F)cc1. The molecular formula is C17H16F4N4S4. The molecule has 29 heavy (non-hydrogen) atoms. The molecule has 0 bridgehead atoms. The molecule has 0 aliphatic carbocycles. The first-order chi connectivity index (χ1) is 13.7. The van der Waals surface area contributed by atoms with Crippen molar-refractivity contribution in [2.45, 2.75) is 21.3 Å². The van der Waals surface area contributed by atoms with E-state index in [4.69, 9.17) is 24.4 Å². The molecule has 0 aliphatic heterocycles. The minimum atomic E-state index is -2.47. The predicted octanol–water partition coefficient (Wildman–Crippen LogP) is 5.85. The molecule has 3 N–H and O–H groups in total. The number of hydrogen-bond acceptors (Lipinski definition) is 4. The van der Waals surface area contributed by atoms with Gasteiger partial charge in [-0.25, -0.2) is 0 Å². The Balaban J connectivity index is 1.83. The van der Waals surface area contributed by atoms with Crippen LogP contribution in [0.4, 0.5) is 28.9 Å². The number of rotatable bonds is 6. The number of nitrogens with one attached hydrogen (secondary N) is 3. The molecule has 0 saturated carbocycles. The van der Waals surface area contributed by atoms with Gasteiger partial charge in [-0.2, -0.15) is 17.6 Å². The molecule has 0 unspecified atom stereocenters. The summed E-state index contributed by atoms with van der Waals surface area (Å²) >= 11 is 11.4. The van der Waals surface area contributed by atoms with Crippen molar-refractivity contribution in [1.29, 1.82) is 0 Å². The molecule has 0 aliphatic rings. The molecule has 0 amide bonds. The largest absolute Gasteiger partial charge is 0.331 e. The van der Waals surface area contributed by atoms with Crippen molar-refractivity contribution in [3.63, 3.8) is 0 Å². The lowest BCUT2D eigenvalue weighted by Crippen LogP contribution is -2.46. The molecule has 4 nitrogen and oxygen atoms in total. The van der Waals surface area contributed by atoms with Gasteiger partial charge >= 0.3 is 0 Å². The zero-order valence-electron chi connectivity index (χ0n) is 14.9. The monoisotopic (exact) mass is 480 g/mol. The fraction of sp³-hybridized carbons (Fsp3) is 0.176. The second kappa shape index (κ2) is 11.4. The molecule has 2 rings (SSSR count). The summed E-state index contributed by atoms with van der Waals surface area (Å²) < 4.78 is 49.4. The summed E-state index contributed by atoms with van der Waals surface area (Å²) in [6, 6.07) is 12.8. The lowest BCUT2D eigenvalue weighted by Gasteiger charge is -2.23. The normalized spacial score (nSPS) is 10.7. The Bertz CT molecular complexity index is 819. The highest BCUT2D eigenvalue weighted by Crippen LogP contribution is 2.27. The van der Waals surface area contributed by atoms with Gasteiger partial charge in [-0.15, -0.1) is 0 Å². The number of alkyl halides is 4. The highest BCUT2D eigenvalue weighted by atomic mass is 32.2. The Morgan fingerprint density at radius 2 is 1.21 bits per heavy atom. The van der Waals surface area contributed by atoms with Crippen molar-refractivity contribution in [3.05, 3.63) is 48.5 Å². The Morgan fingerprint density at radius 3 is 1.62 bits per heavy atom. The van der Waals surface area contributed by atoms with Crippen LogP contribution in [0.15, 0.2) is 58.3 Å². The quantitative estimate of drug-likeness (QED) is 0.206. The van der Waals surface area contributed by atoms with Crippen LogP contribution in [0.25, 0.3) is 0 Å². The van der Waals surface area contributed by atoms with Crippen molar-refractivity contribution in [1.82, 2.24) is 10.4 Å². The first kappa shape index (κ1) is 23.5. The van der Waals surface area contributed by atoms with Crippen LogP contribution in [0, 0.1) is 0 Å². The molecule has 0 fully saturated rings. The average molecular weight is 481 g/mol. The first-order valence-electron chi connectivity index (χ1n) is 7.95. The zero-order valence-corrected chi connectivity index (χ0v) is 18.1. The highest BCUT2D eigenvalue weighted by Gasteiger charge is 2.09. The van der Waals surface area contributed by atoms with E-state index in [-0.39, 0.29) is 5.11 Å². The van der Waals surface area contributed by atoms with E-state index in [1.807, 2.05) is 0 Å². The third kappa shape index (κ3) is 8.64. The standard InChI is InChI=1S/C17H16F4N4S4/c1-25(17(27)23-11-4-8-13(9-5-11)29-15(20)21)24-16(26)22-10-2-6-12(7-3-10)28-14(18)19/h2-9,14-15H,1H3,(H,23,27)(H2,22,24,26). The van der Waals surface area contributed by atoms with Crippen LogP contribution in [0.2, 0.25) is 0 Å². The Labute approximate surface area is 184 Å². The predicted molar refractivity (Wildman–Crippen MR) is 120 cm³/mol. The van der Waals surface area contributed by atoms with Crippen LogP contribution in [0.3, 0.4) is 0 Å². The Kier molecular flexibility index (Phi) is 9.27. The van der Waals surface area contributed by atoms with Crippen LogP contribution in [0.5, 0.6) is 0 Å². The molecule has 156 valence electrons. The van der Waals surface area contributed by atoms with Gasteiger partial charge in [0.25, 0.3) is 11.5 Å². The molecule has 12 heteroatoms. The zero-order chi connectivity index (χ0) is 21.4. The maximum Gasteiger partial charge on any atom is 0.288 e. The molecule has 0 radical (unpaired) electrons. The summed E-state index contributed by atoms with van der Waals surface area (Å²) in [7, 11) is 1.65. The van der Waals surface area contributed by atoms with Gasteiger partial charge in [0.15, 0.2) is 10.2 Å². The van der Waals surface area contributed by atoms with Crippen LogP contribution in [-0.2, 0) is 0 Å². The van der Waals surface area contributed by atoms with Gasteiger partial charge in [0.05, 0.1) is 0 Å². The number of anilines is 2. The third-order valence-corrected chi connectivity index (χ3v) is 5.26. The topological polar surface area (TPSA) is 39.3 Å². The lowest BCUT2D eigenvalue weighted by molar-refractivity contribution is 0.251. The first-order valence-corrected chi connectivity index (χ1v) is 10.5. The number of hydrazine groups is 1. The fourth-order valence-electron chi connectivity index (χ4n) is 2.01. The van der Waals surface area contributed by atoms with Crippen molar-refractivity contribution < 1.29 is 17.6 Å². The van der Waals surface area contributed by atoms with Gasteiger partial charge < -0.3 is 10.6 Å². The Morgan fingerprint density at radius 1 is 0.793 bits per heavy atom. The van der Waals surface area contributed by atoms with Crippen molar-refractivity contribution >= 4 is 69.6 Å². The molecular weight excluding hydrogens is 464 g/mol. The van der Waals surface area contributed by atoms with Gasteiger partial charge in [-0.3, -0.25) is 10.4 Å². The number of thioether (sulfide) groups is 2. The molecule has 0 aromatic heterocycles. The number of benzene rings is 2. The van der Waals surface area contributed by atoms with Gasteiger partial charge in [-0.1, -0.05) is 23.5 Å². The summed E-state index contributed by atoms with van der Waals surface area (Å²) in [5.74, 6) is -4.95. The third-order valence-electron chi connectivity index (χ3n) is 3.24. The summed E-state index contributed by atoms with van der Waals surface area (Å²) in [4.78, 5) is 0.899. The Hall–Kier alpha value is -1.76. The summed E-state index contributed by atoms with van der Waals surface area (Å²) in [6.45, 7) is 0. The molecule has 0 heterocycles. The molecule has 2 aromatic rings. The van der Waals surface area contributed by atoms with Crippen LogP contribution < -0.4 is 16.1 Å². The van der Waals surface area contributed by atoms with E-state index < -0.39 is 11.5 Å². The second-order valence-electron chi connectivity index (χ2n) is 5.36. The van der Waals surface area contributed by atoms with E-state index in [0.29, 0.717) is 49.8 Å². The maximum atomic E-state index is 12.3. The number of halogens is 4. The fourth-order valence-corrected chi connectivity index (χ4v) is 3.43. The number of thiocarbonyl (C=S) groups is 2. The van der Waals surface area contributed by atoms with E-state index >= 15 is 0 Å². The molecule has 0 saturated heterocycles. The van der Waals surface area contributed by atoms with E-state index in [9.17, 15) is 17.6 Å². The second-order valence-corrected chi connectivity index (χ2v) is 8.28. The smallest absolute Gasteiger partial charge is 0.288 e. The summed E-state index contributed by atoms with van der Waals surface area (Å²) in [6.07, 6.45) is 0. The minimum absolute atomic E-state index is 0.245. The summed E-state index contributed by atoms with van der Waals surface area (Å²) in [5, 5.41) is 7.88. The van der Waals surface area contributed by atoms with Crippen molar-refractivity contribution in [3.8, 4) is 0 Å². The number of nitrogens with zero attached hydrogens (tertiary/aromatic N) is 1. The van der Waals surface area contributed by atoms with Gasteiger partial charge in [0.2, 0.25) is 0 Å². The van der Waals surface area contributed by atoms with Crippen molar-refractivity contribution in [2.75, 3.05) is 17.7 Å². The molecule has 0 spiro atoms. The lowest BCUT2D eigenvalue weighted by atomic mass is 10.3. The number of hydrogen-bond donors (Lipinski definition) is 3. The van der Waals surface area contributed by atoms with Crippen LogP contribution >= 0.6 is 48.0 Å². The van der Waals surface area contributed by atoms with E-state index in [2.05, 4.69) is 16.1 Å². The van der Waals surface area contributed by atoms with E-state index in [1.54, 1.807) is 55.6 Å². The molecule has 2 aromatic carbocycles. The summed E-state index contributed by atoms with van der Waals surface area (Å²) in [5.41, 5.74) is 4.11. The molecule has 0 atom stereocenters. The van der Waals surface area contributed by atoms with Crippen LogP contribution in [0.1, 0.15) is 0 Å².